The number of aryl methyl sites for hydroxylation is 1. The maximum absolute atomic E-state index is 5.43. The first-order chi connectivity index (χ1) is 10.3. The minimum absolute atomic E-state index is 0.774. The molecular formula is C15H30N6. The lowest BCUT2D eigenvalue weighted by Crippen LogP contribution is -2.21. The number of nitrogens with one attached hydrogen (secondary N) is 3. The van der Waals surface area contributed by atoms with Crippen LogP contribution >= 0.6 is 0 Å². The Bertz CT molecular complexity index is 374. The van der Waals surface area contributed by atoms with Crippen molar-refractivity contribution < 1.29 is 0 Å². The van der Waals surface area contributed by atoms with Gasteiger partial charge < -0.3 is 21.4 Å². The molecule has 0 fully saturated rings. The molecule has 0 aliphatic heterocycles. The molecule has 0 amide bonds. The third-order valence-corrected chi connectivity index (χ3v) is 3.09. The Morgan fingerprint density at radius 3 is 2.43 bits per heavy atom. The number of aromatic nitrogens is 2. The second-order valence-corrected chi connectivity index (χ2v) is 5.19. The molecule has 0 atom stereocenters. The zero-order chi connectivity index (χ0) is 15.2. The number of H-pyrrole nitrogens is 1. The van der Waals surface area contributed by atoms with Crippen molar-refractivity contribution >= 4 is 6.21 Å². The molecular weight excluding hydrogens is 264 g/mol. The summed E-state index contributed by atoms with van der Waals surface area (Å²) in [5, 5.41) is 6.83. The number of rotatable bonds is 13. The molecule has 120 valence electrons. The van der Waals surface area contributed by atoms with E-state index in [0.717, 1.165) is 63.6 Å². The Balaban J connectivity index is 1.81. The molecule has 21 heavy (non-hydrogen) atoms. The highest BCUT2D eigenvalue weighted by Crippen LogP contribution is 1.91. The fraction of sp³-hybridized carbons (Fsp3) is 0.733. The summed E-state index contributed by atoms with van der Waals surface area (Å²) < 4.78 is 0. The van der Waals surface area contributed by atoms with Crippen LogP contribution in [0.5, 0.6) is 0 Å². The topological polar surface area (TPSA) is 91.1 Å². The van der Waals surface area contributed by atoms with Crippen LogP contribution < -0.4 is 16.4 Å². The van der Waals surface area contributed by atoms with E-state index in [-0.39, 0.29) is 0 Å². The molecule has 0 bridgehead atoms. The third kappa shape index (κ3) is 10.2. The van der Waals surface area contributed by atoms with Gasteiger partial charge in [0, 0.05) is 18.4 Å². The van der Waals surface area contributed by atoms with Gasteiger partial charge in [0.05, 0.1) is 6.21 Å². The van der Waals surface area contributed by atoms with Crippen LogP contribution in [-0.4, -0.2) is 55.5 Å². The number of nitrogens with zero attached hydrogens (tertiary/aromatic N) is 2. The van der Waals surface area contributed by atoms with Crippen LogP contribution in [0.1, 0.15) is 37.2 Å². The quantitative estimate of drug-likeness (QED) is 0.320. The van der Waals surface area contributed by atoms with Gasteiger partial charge in [-0.05, 0) is 65.3 Å². The number of unbranched alkanes of at least 4 members (excludes halogenated alkanes) is 1. The molecule has 0 saturated heterocycles. The molecule has 0 saturated carbocycles. The van der Waals surface area contributed by atoms with Gasteiger partial charge in [0.1, 0.15) is 5.82 Å². The predicted octanol–water partition coefficient (Wildman–Crippen LogP) is 0.835. The van der Waals surface area contributed by atoms with E-state index >= 15 is 0 Å². The van der Waals surface area contributed by atoms with E-state index in [0.29, 0.717) is 0 Å². The monoisotopic (exact) mass is 294 g/mol. The van der Waals surface area contributed by atoms with Crippen LogP contribution in [0.25, 0.3) is 0 Å². The molecule has 1 aromatic heterocycles. The lowest BCUT2D eigenvalue weighted by Gasteiger charge is -2.05. The van der Waals surface area contributed by atoms with Crippen LogP contribution in [0.2, 0.25) is 0 Å². The van der Waals surface area contributed by atoms with Crippen LogP contribution in [0.4, 0.5) is 0 Å². The molecule has 1 heterocycles. The molecule has 6 heteroatoms. The Labute approximate surface area is 128 Å². The fourth-order valence-corrected chi connectivity index (χ4v) is 1.92. The first-order valence-corrected chi connectivity index (χ1v) is 7.96. The number of aliphatic imine (C=N–C) groups is 1. The maximum atomic E-state index is 5.43. The van der Waals surface area contributed by atoms with Gasteiger partial charge >= 0.3 is 0 Å². The van der Waals surface area contributed by atoms with E-state index in [4.69, 9.17) is 5.73 Å². The minimum Gasteiger partial charge on any atom is -0.341 e. The standard InChI is InChI=1S/C15H30N6/c1-14-12-20-15(21-14)13-19-11-5-10-18-8-3-2-7-17-9-4-6-16/h12-13,17-18H,2-11,16H2,1H3,(H,20,21)/b19-13+. The number of imidazole rings is 1. The van der Waals surface area contributed by atoms with E-state index in [1.807, 2.05) is 13.1 Å². The highest BCUT2D eigenvalue weighted by atomic mass is 14.9. The Hall–Kier alpha value is -1.24. The zero-order valence-electron chi connectivity index (χ0n) is 13.2. The van der Waals surface area contributed by atoms with Crippen molar-refractivity contribution in [3.63, 3.8) is 0 Å². The summed E-state index contributed by atoms with van der Waals surface area (Å²) in [7, 11) is 0. The van der Waals surface area contributed by atoms with E-state index in [2.05, 4.69) is 25.6 Å². The molecule has 5 N–H and O–H groups in total. The SMILES string of the molecule is Cc1cnc(/C=N/CCCNCCCCNCCCN)[nH]1. The lowest BCUT2D eigenvalue weighted by molar-refractivity contribution is 0.570. The molecule has 0 aliphatic rings. The summed E-state index contributed by atoms with van der Waals surface area (Å²) in [6, 6.07) is 0. The molecule has 0 spiro atoms. The Morgan fingerprint density at radius 2 is 1.81 bits per heavy atom. The van der Waals surface area contributed by atoms with Gasteiger partial charge in [0.25, 0.3) is 0 Å². The van der Waals surface area contributed by atoms with Gasteiger partial charge in [-0.2, -0.15) is 0 Å². The smallest absolute Gasteiger partial charge is 0.148 e. The Morgan fingerprint density at radius 1 is 1.14 bits per heavy atom. The Kier molecular flexibility index (Phi) is 10.6. The van der Waals surface area contributed by atoms with Crippen LogP contribution in [-0.2, 0) is 0 Å². The molecule has 6 nitrogen and oxygen atoms in total. The van der Waals surface area contributed by atoms with Gasteiger partial charge in [0.2, 0.25) is 0 Å². The molecule has 0 aromatic carbocycles. The highest BCUT2D eigenvalue weighted by Gasteiger charge is 1.92. The van der Waals surface area contributed by atoms with Crippen molar-refractivity contribution in [2.24, 2.45) is 10.7 Å². The van der Waals surface area contributed by atoms with E-state index in [1.165, 1.54) is 12.8 Å². The van der Waals surface area contributed by atoms with Crippen molar-refractivity contribution in [3.05, 3.63) is 17.7 Å². The van der Waals surface area contributed by atoms with Gasteiger partial charge in [-0.1, -0.05) is 0 Å². The first-order valence-electron chi connectivity index (χ1n) is 7.96. The predicted molar refractivity (Wildman–Crippen MR) is 89.0 cm³/mol. The lowest BCUT2D eigenvalue weighted by atomic mass is 10.3. The third-order valence-electron chi connectivity index (χ3n) is 3.09. The van der Waals surface area contributed by atoms with E-state index in [9.17, 15) is 0 Å². The maximum Gasteiger partial charge on any atom is 0.148 e. The van der Waals surface area contributed by atoms with E-state index < -0.39 is 0 Å². The number of aromatic amines is 1. The summed E-state index contributed by atoms with van der Waals surface area (Å²) in [4.78, 5) is 11.7. The van der Waals surface area contributed by atoms with Crippen LogP contribution in [0, 0.1) is 6.92 Å². The number of hydrogen-bond donors (Lipinski definition) is 4. The molecule has 1 aromatic rings. The minimum atomic E-state index is 0.774. The van der Waals surface area contributed by atoms with Crippen molar-refractivity contribution in [3.8, 4) is 0 Å². The van der Waals surface area contributed by atoms with Gasteiger partial charge in [-0.15, -0.1) is 0 Å². The first kappa shape index (κ1) is 17.8. The normalized spacial score (nSPS) is 11.5. The molecule has 1 rings (SSSR count). The largest absolute Gasteiger partial charge is 0.341 e. The number of nitrogens with two attached hydrogens (primary N) is 1. The van der Waals surface area contributed by atoms with Crippen LogP contribution in [0.15, 0.2) is 11.2 Å². The van der Waals surface area contributed by atoms with Gasteiger partial charge in [-0.3, -0.25) is 4.99 Å². The van der Waals surface area contributed by atoms with Crippen molar-refractivity contribution in [2.75, 3.05) is 39.3 Å². The number of hydrogen-bond acceptors (Lipinski definition) is 5. The second kappa shape index (κ2) is 12.5. The molecule has 0 aliphatic carbocycles. The summed E-state index contributed by atoms with van der Waals surface area (Å²) in [6.45, 7) is 7.84. The van der Waals surface area contributed by atoms with Crippen molar-refractivity contribution in [1.82, 2.24) is 20.6 Å². The summed E-state index contributed by atoms with van der Waals surface area (Å²) in [6.07, 6.45) is 8.17. The van der Waals surface area contributed by atoms with E-state index in [1.54, 1.807) is 6.21 Å². The average molecular weight is 294 g/mol. The average Bonchev–Trinajstić information content (AvgIpc) is 2.89. The van der Waals surface area contributed by atoms with Crippen LogP contribution in [0.3, 0.4) is 0 Å². The second-order valence-electron chi connectivity index (χ2n) is 5.19. The van der Waals surface area contributed by atoms with Gasteiger partial charge in [-0.25, -0.2) is 4.98 Å². The molecule has 0 unspecified atom stereocenters. The highest BCUT2D eigenvalue weighted by molar-refractivity contribution is 5.74. The summed E-state index contributed by atoms with van der Waals surface area (Å²) in [5.74, 6) is 0.836. The zero-order valence-corrected chi connectivity index (χ0v) is 13.2. The van der Waals surface area contributed by atoms with Crippen molar-refractivity contribution in [1.29, 1.82) is 0 Å². The summed E-state index contributed by atoms with van der Waals surface area (Å²) in [5.41, 5.74) is 6.49. The summed E-state index contributed by atoms with van der Waals surface area (Å²) >= 11 is 0. The van der Waals surface area contributed by atoms with Crippen molar-refractivity contribution in [2.45, 2.75) is 32.6 Å². The van der Waals surface area contributed by atoms with Gasteiger partial charge in [0.15, 0.2) is 0 Å². The fourth-order valence-electron chi connectivity index (χ4n) is 1.92. The molecule has 0 radical (unpaired) electrons.